The fourth-order valence-electron chi connectivity index (χ4n) is 3.77. The van der Waals surface area contributed by atoms with Gasteiger partial charge < -0.3 is 5.32 Å². The fraction of sp³-hybridized carbons (Fsp3) is 0.286. The third-order valence-corrected chi connectivity index (χ3v) is 6.57. The summed E-state index contributed by atoms with van der Waals surface area (Å²) < 4.78 is 0. The summed E-state index contributed by atoms with van der Waals surface area (Å²) in [5, 5.41) is 14.5. The highest BCUT2D eigenvalue weighted by Crippen LogP contribution is 2.35. The topological polar surface area (TPSA) is 110 Å². The zero-order valence-corrected chi connectivity index (χ0v) is 16.8. The first-order valence-electron chi connectivity index (χ1n) is 9.64. The number of imide groups is 1. The van der Waals surface area contributed by atoms with Crippen molar-refractivity contribution in [2.24, 2.45) is 0 Å². The zero-order chi connectivity index (χ0) is 21.3. The number of benzene rings is 2. The minimum atomic E-state index is -0.833. The number of amides is 3. The Balaban J connectivity index is 1.40. The molecule has 1 fully saturated rings. The summed E-state index contributed by atoms with van der Waals surface area (Å²) in [6.45, 7) is -0.512. The predicted molar refractivity (Wildman–Crippen MR) is 112 cm³/mol. The highest BCUT2D eigenvalue weighted by Gasteiger charge is 2.41. The maximum atomic E-state index is 12.5. The smallest absolute Gasteiger partial charge is 0.282 e. The second-order valence-electron chi connectivity index (χ2n) is 7.25. The molecule has 0 bridgehead atoms. The Hall–Kier alpha value is -3.20. The van der Waals surface area contributed by atoms with Gasteiger partial charge in [-0.1, -0.05) is 18.9 Å². The summed E-state index contributed by atoms with van der Waals surface area (Å²) in [7, 11) is 0. The van der Waals surface area contributed by atoms with E-state index in [1.165, 1.54) is 43.9 Å². The molecule has 0 unspecified atom stereocenters. The quantitative estimate of drug-likeness (QED) is 0.427. The van der Waals surface area contributed by atoms with E-state index in [1.54, 1.807) is 12.1 Å². The fourth-order valence-corrected chi connectivity index (χ4v) is 5.02. The minimum Gasteiger partial charge on any atom is -0.325 e. The molecule has 1 saturated carbocycles. The van der Waals surface area contributed by atoms with E-state index in [4.69, 9.17) is 0 Å². The first-order chi connectivity index (χ1) is 14.4. The van der Waals surface area contributed by atoms with Crippen molar-refractivity contribution in [3.63, 3.8) is 0 Å². The molecule has 30 heavy (non-hydrogen) atoms. The molecule has 9 heteroatoms. The first kappa shape index (κ1) is 20.1. The van der Waals surface area contributed by atoms with E-state index in [2.05, 4.69) is 5.32 Å². The lowest BCUT2D eigenvalue weighted by Crippen LogP contribution is -2.37. The molecule has 154 valence electrons. The highest BCUT2D eigenvalue weighted by atomic mass is 32.2. The number of anilines is 1. The van der Waals surface area contributed by atoms with Crippen molar-refractivity contribution in [3.8, 4) is 0 Å². The van der Waals surface area contributed by atoms with Crippen LogP contribution in [0.1, 0.15) is 46.4 Å². The number of nitrogens with one attached hydrogen (secondary N) is 1. The summed E-state index contributed by atoms with van der Waals surface area (Å²) >= 11 is 1.84. The van der Waals surface area contributed by atoms with Gasteiger partial charge in [-0.3, -0.25) is 29.4 Å². The predicted octanol–water partition coefficient (Wildman–Crippen LogP) is 3.86. The van der Waals surface area contributed by atoms with Crippen LogP contribution in [0.5, 0.6) is 0 Å². The van der Waals surface area contributed by atoms with Crippen molar-refractivity contribution < 1.29 is 19.3 Å². The number of hydrogen-bond donors (Lipinski definition) is 1. The lowest BCUT2D eigenvalue weighted by atomic mass is 10.1. The normalized spacial score (nSPS) is 16.1. The van der Waals surface area contributed by atoms with Crippen LogP contribution in [0.3, 0.4) is 0 Å². The molecule has 0 saturated heterocycles. The van der Waals surface area contributed by atoms with Gasteiger partial charge in [0.2, 0.25) is 5.91 Å². The van der Waals surface area contributed by atoms with E-state index < -0.39 is 34.9 Å². The van der Waals surface area contributed by atoms with Crippen LogP contribution < -0.4 is 5.32 Å². The van der Waals surface area contributed by atoms with E-state index in [9.17, 15) is 24.5 Å². The van der Waals surface area contributed by atoms with Crippen LogP contribution in [0.15, 0.2) is 47.4 Å². The number of thioether (sulfide) groups is 1. The molecule has 2 aliphatic rings. The Morgan fingerprint density at radius 2 is 1.80 bits per heavy atom. The van der Waals surface area contributed by atoms with Gasteiger partial charge in [-0.05, 0) is 43.2 Å². The SMILES string of the molecule is O=C(CN1C(=O)c2cccc([N+](=O)[O-])c2C1=O)Nc1ccc(SC2CCCC2)cc1. The maximum Gasteiger partial charge on any atom is 0.282 e. The van der Waals surface area contributed by atoms with Crippen LogP contribution in [0.4, 0.5) is 11.4 Å². The molecule has 2 aromatic carbocycles. The number of hydrogen-bond acceptors (Lipinski definition) is 6. The van der Waals surface area contributed by atoms with Crippen molar-refractivity contribution >= 4 is 40.9 Å². The molecular formula is C21H19N3O5S. The lowest BCUT2D eigenvalue weighted by molar-refractivity contribution is -0.385. The molecule has 1 heterocycles. The van der Waals surface area contributed by atoms with Crippen molar-refractivity contribution in [3.05, 3.63) is 63.7 Å². The van der Waals surface area contributed by atoms with E-state index in [0.29, 0.717) is 10.9 Å². The third-order valence-electron chi connectivity index (χ3n) is 5.22. The number of nitro benzene ring substituents is 1. The largest absolute Gasteiger partial charge is 0.325 e. The summed E-state index contributed by atoms with van der Waals surface area (Å²) in [6, 6.07) is 11.3. The number of rotatable bonds is 6. The molecule has 0 atom stereocenters. The molecule has 3 amide bonds. The van der Waals surface area contributed by atoms with E-state index in [0.717, 1.165) is 9.80 Å². The van der Waals surface area contributed by atoms with Gasteiger partial charge in [-0.2, -0.15) is 0 Å². The average Bonchev–Trinajstić information content (AvgIpc) is 3.32. The van der Waals surface area contributed by atoms with Crippen molar-refractivity contribution in [2.75, 3.05) is 11.9 Å². The number of nitro groups is 1. The van der Waals surface area contributed by atoms with Crippen LogP contribution in [-0.4, -0.2) is 39.3 Å². The van der Waals surface area contributed by atoms with Gasteiger partial charge in [0.15, 0.2) is 0 Å². The molecule has 0 radical (unpaired) electrons. The van der Waals surface area contributed by atoms with Crippen molar-refractivity contribution in [1.82, 2.24) is 4.90 Å². The molecule has 0 spiro atoms. The zero-order valence-electron chi connectivity index (χ0n) is 16.0. The monoisotopic (exact) mass is 425 g/mol. The number of fused-ring (bicyclic) bond motifs is 1. The third kappa shape index (κ3) is 3.93. The Morgan fingerprint density at radius 1 is 1.10 bits per heavy atom. The second kappa shape index (κ2) is 8.27. The van der Waals surface area contributed by atoms with E-state index in [1.807, 2.05) is 23.9 Å². The molecule has 4 rings (SSSR count). The standard InChI is InChI=1S/C21H19N3O5S/c25-18(22-13-8-10-15(11-9-13)30-14-4-1-2-5-14)12-23-20(26)16-6-3-7-17(24(28)29)19(16)21(23)27/h3,6-11,14H,1-2,4-5,12H2,(H,22,25). The van der Waals surface area contributed by atoms with Gasteiger partial charge in [-0.15, -0.1) is 11.8 Å². The van der Waals surface area contributed by atoms with Gasteiger partial charge in [0.25, 0.3) is 17.5 Å². The molecule has 1 aliphatic heterocycles. The summed E-state index contributed by atoms with van der Waals surface area (Å²) in [5.41, 5.74) is -0.216. The van der Waals surface area contributed by atoms with Crippen LogP contribution in [0.2, 0.25) is 0 Å². The average molecular weight is 425 g/mol. The second-order valence-corrected chi connectivity index (χ2v) is 8.62. The first-order valence-corrected chi connectivity index (χ1v) is 10.5. The van der Waals surface area contributed by atoms with Gasteiger partial charge in [0.05, 0.1) is 10.5 Å². The molecule has 0 aromatic heterocycles. The van der Waals surface area contributed by atoms with Crippen LogP contribution in [-0.2, 0) is 4.79 Å². The van der Waals surface area contributed by atoms with Crippen LogP contribution in [0.25, 0.3) is 0 Å². The molecular weight excluding hydrogens is 406 g/mol. The van der Waals surface area contributed by atoms with Gasteiger partial charge >= 0.3 is 0 Å². The molecule has 1 aliphatic carbocycles. The van der Waals surface area contributed by atoms with Crippen molar-refractivity contribution in [2.45, 2.75) is 35.8 Å². The summed E-state index contributed by atoms with van der Waals surface area (Å²) in [6.07, 6.45) is 4.99. The van der Waals surface area contributed by atoms with Crippen LogP contribution >= 0.6 is 11.8 Å². The maximum absolute atomic E-state index is 12.5. The lowest BCUT2D eigenvalue weighted by Gasteiger charge is -2.14. The summed E-state index contributed by atoms with van der Waals surface area (Å²) in [5.74, 6) is -2.10. The van der Waals surface area contributed by atoms with Gasteiger partial charge in [0, 0.05) is 21.9 Å². The van der Waals surface area contributed by atoms with Gasteiger partial charge in [0.1, 0.15) is 12.1 Å². The highest BCUT2D eigenvalue weighted by molar-refractivity contribution is 8.00. The Labute approximate surface area is 176 Å². The Kier molecular flexibility index (Phi) is 5.54. The summed E-state index contributed by atoms with van der Waals surface area (Å²) in [4.78, 5) is 49.7. The van der Waals surface area contributed by atoms with Crippen molar-refractivity contribution in [1.29, 1.82) is 0 Å². The van der Waals surface area contributed by atoms with Gasteiger partial charge in [-0.25, -0.2) is 0 Å². The molecule has 2 aromatic rings. The Morgan fingerprint density at radius 3 is 2.47 bits per heavy atom. The molecule has 8 nitrogen and oxygen atoms in total. The number of carbonyl (C=O) groups is 3. The van der Waals surface area contributed by atoms with E-state index >= 15 is 0 Å². The minimum absolute atomic E-state index is 0.0599. The number of nitrogens with zero attached hydrogens (tertiary/aromatic N) is 2. The van der Waals surface area contributed by atoms with Crippen LogP contribution in [0, 0.1) is 10.1 Å². The van der Waals surface area contributed by atoms with E-state index in [-0.39, 0.29) is 11.1 Å². The Bertz CT molecular complexity index is 1030. The molecule has 1 N–H and O–H groups in total. The number of carbonyl (C=O) groups excluding carboxylic acids is 3.